The normalized spacial score (nSPS) is 14.1. The zero-order valence-corrected chi connectivity index (χ0v) is 31.8. The summed E-state index contributed by atoms with van der Waals surface area (Å²) in [5.74, 6) is 0.813. The number of carbonyl (C=O) groups is 2. The number of ether oxygens (including phenoxy) is 1. The first kappa shape index (κ1) is 44.0. The van der Waals surface area contributed by atoms with Gasteiger partial charge < -0.3 is 14.6 Å². The maximum Gasteiger partial charge on any atom is 0.305 e. The van der Waals surface area contributed by atoms with Crippen molar-refractivity contribution < 1.29 is 19.4 Å². The molecule has 1 aliphatic rings. The Bertz CT molecular complexity index is 696. The van der Waals surface area contributed by atoms with E-state index >= 15 is 0 Å². The van der Waals surface area contributed by atoms with Gasteiger partial charge in [0.1, 0.15) is 5.78 Å². The molecule has 6 nitrogen and oxygen atoms in total. The first-order valence-corrected chi connectivity index (χ1v) is 20.7. The van der Waals surface area contributed by atoms with Gasteiger partial charge in [0.25, 0.3) is 0 Å². The highest BCUT2D eigenvalue weighted by atomic mass is 16.5. The van der Waals surface area contributed by atoms with Crippen molar-refractivity contribution in [1.29, 1.82) is 0 Å². The van der Waals surface area contributed by atoms with Gasteiger partial charge in [0.15, 0.2) is 0 Å². The highest BCUT2D eigenvalue weighted by Gasteiger charge is 2.21. The third kappa shape index (κ3) is 26.5. The number of unbranched alkanes of at least 4 members (excludes halogenated alkanes) is 14. The molecule has 278 valence electrons. The van der Waals surface area contributed by atoms with E-state index < -0.39 is 0 Å². The summed E-state index contributed by atoms with van der Waals surface area (Å²) in [7, 11) is 0. The molecule has 6 heteroatoms. The number of esters is 1. The van der Waals surface area contributed by atoms with E-state index in [1.54, 1.807) is 6.92 Å². The minimum absolute atomic E-state index is 0.0143. The van der Waals surface area contributed by atoms with Crippen LogP contribution in [0, 0.1) is 5.92 Å². The number of rotatable bonds is 34. The Labute approximate surface area is 292 Å². The molecule has 0 heterocycles. The largest absolute Gasteiger partial charge is 0.465 e. The molecule has 0 aromatic heterocycles. The number of ketones is 1. The Morgan fingerprint density at radius 3 is 1.79 bits per heavy atom. The standard InChI is InChI=1S/C41H80N2O4/c1-4-6-8-10-12-18-26-39(27-19-13-11-9-7-5-2)37-47-41(46)30-22-16-23-31-42(35-36-44)33-34-43(40-28-20-14-21-29-40)32-24-15-17-25-38(3)45/h39-40,44H,4-37H2,1-3H3. The van der Waals surface area contributed by atoms with Gasteiger partial charge in [-0.25, -0.2) is 0 Å². The van der Waals surface area contributed by atoms with Crippen LogP contribution in [0.1, 0.15) is 194 Å². The van der Waals surface area contributed by atoms with E-state index in [1.165, 1.54) is 128 Å². The predicted molar refractivity (Wildman–Crippen MR) is 200 cm³/mol. The van der Waals surface area contributed by atoms with Crippen molar-refractivity contribution in [2.24, 2.45) is 5.92 Å². The summed E-state index contributed by atoms with van der Waals surface area (Å²) < 4.78 is 5.84. The lowest BCUT2D eigenvalue weighted by Gasteiger charge is -2.36. The minimum atomic E-state index is -0.0143. The molecule has 47 heavy (non-hydrogen) atoms. The molecule has 0 aromatic carbocycles. The summed E-state index contributed by atoms with van der Waals surface area (Å²) in [6, 6.07) is 0.690. The Hall–Kier alpha value is -0.980. The van der Waals surface area contributed by atoms with Crippen molar-refractivity contribution in [2.45, 2.75) is 200 Å². The van der Waals surface area contributed by atoms with Crippen molar-refractivity contribution in [2.75, 3.05) is 45.9 Å². The molecular formula is C41H80N2O4. The predicted octanol–water partition coefficient (Wildman–Crippen LogP) is 10.3. The minimum Gasteiger partial charge on any atom is -0.465 e. The fourth-order valence-electron chi connectivity index (χ4n) is 7.34. The van der Waals surface area contributed by atoms with Gasteiger partial charge in [-0.1, -0.05) is 123 Å². The highest BCUT2D eigenvalue weighted by molar-refractivity contribution is 5.75. The molecule has 0 radical (unpaired) electrons. The number of nitrogens with zero attached hydrogens (tertiary/aromatic N) is 2. The second-order valence-electron chi connectivity index (χ2n) is 14.9. The number of hydrogen-bond donors (Lipinski definition) is 1. The van der Waals surface area contributed by atoms with E-state index in [9.17, 15) is 14.7 Å². The smallest absolute Gasteiger partial charge is 0.305 e. The lowest BCUT2D eigenvalue weighted by molar-refractivity contribution is -0.145. The zero-order chi connectivity index (χ0) is 34.2. The van der Waals surface area contributed by atoms with E-state index in [1.807, 2.05) is 0 Å². The highest BCUT2D eigenvalue weighted by Crippen LogP contribution is 2.24. The van der Waals surface area contributed by atoms with Gasteiger partial charge in [0, 0.05) is 38.5 Å². The molecular weight excluding hydrogens is 584 g/mol. The molecule has 0 aliphatic heterocycles. The third-order valence-electron chi connectivity index (χ3n) is 10.5. The molecule has 1 N–H and O–H groups in total. The van der Waals surface area contributed by atoms with Crippen LogP contribution in [0.25, 0.3) is 0 Å². The molecule has 0 atom stereocenters. The molecule has 0 amide bonds. The van der Waals surface area contributed by atoms with Gasteiger partial charge in [0.2, 0.25) is 0 Å². The van der Waals surface area contributed by atoms with Gasteiger partial charge in [0.05, 0.1) is 13.2 Å². The van der Waals surface area contributed by atoms with Crippen molar-refractivity contribution in [3.8, 4) is 0 Å². The maximum absolute atomic E-state index is 12.6. The number of hydrogen-bond acceptors (Lipinski definition) is 6. The molecule has 0 saturated heterocycles. The molecule has 0 unspecified atom stereocenters. The van der Waals surface area contributed by atoms with Gasteiger partial charge in [-0.3, -0.25) is 14.6 Å². The summed E-state index contributed by atoms with van der Waals surface area (Å²) in [6.07, 6.45) is 32.4. The lowest BCUT2D eigenvalue weighted by atomic mass is 9.94. The van der Waals surface area contributed by atoms with E-state index in [0.717, 1.165) is 64.8 Å². The maximum atomic E-state index is 12.6. The zero-order valence-electron chi connectivity index (χ0n) is 31.8. The molecule has 1 aliphatic carbocycles. The number of aliphatic hydroxyl groups is 1. The Morgan fingerprint density at radius 2 is 1.19 bits per heavy atom. The lowest BCUT2D eigenvalue weighted by Crippen LogP contribution is -2.43. The molecule has 1 rings (SSSR count). The average molecular weight is 665 g/mol. The van der Waals surface area contributed by atoms with Crippen LogP contribution in [0.3, 0.4) is 0 Å². The van der Waals surface area contributed by atoms with Crippen molar-refractivity contribution in [3.63, 3.8) is 0 Å². The van der Waals surface area contributed by atoms with Crippen molar-refractivity contribution in [1.82, 2.24) is 9.80 Å². The quantitative estimate of drug-likeness (QED) is 0.0545. The summed E-state index contributed by atoms with van der Waals surface area (Å²) in [6.45, 7) is 11.9. The first-order chi connectivity index (χ1) is 23.0. The number of carbonyl (C=O) groups excluding carboxylic acids is 2. The van der Waals surface area contributed by atoms with Crippen LogP contribution >= 0.6 is 0 Å². The third-order valence-corrected chi connectivity index (χ3v) is 10.5. The Kier molecular flexibility index (Phi) is 30.2. The fraction of sp³-hybridized carbons (Fsp3) is 0.951. The van der Waals surface area contributed by atoms with Gasteiger partial charge >= 0.3 is 5.97 Å². The van der Waals surface area contributed by atoms with Crippen LogP contribution in [0.2, 0.25) is 0 Å². The van der Waals surface area contributed by atoms with Crippen LogP contribution < -0.4 is 0 Å². The monoisotopic (exact) mass is 665 g/mol. The number of Topliss-reactive ketones (excluding diaryl/α,β-unsaturated/α-hetero) is 1. The van der Waals surface area contributed by atoms with E-state index in [0.29, 0.717) is 37.2 Å². The van der Waals surface area contributed by atoms with Crippen LogP contribution in [0.5, 0.6) is 0 Å². The first-order valence-electron chi connectivity index (χ1n) is 20.7. The van der Waals surface area contributed by atoms with Gasteiger partial charge in [-0.05, 0) is 77.3 Å². The van der Waals surface area contributed by atoms with Gasteiger partial charge in [-0.15, -0.1) is 0 Å². The Balaban J connectivity index is 2.36. The molecule has 0 aromatic rings. The topological polar surface area (TPSA) is 70.1 Å². The summed E-state index contributed by atoms with van der Waals surface area (Å²) in [4.78, 5) is 29.1. The van der Waals surface area contributed by atoms with E-state index in [2.05, 4.69) is 23.6 Å². The van der Waals surface area contributed by atoms with Crippen LogP contribution in [-0.4, -0.2) is 78.6 Å². The molecule has 0 spiro atoms. The summed E-state index contributed by atoms with van der Waals surface area (Å²) in [5, 5.41) is 9.74. The molecule has 1 fully saturated rings. The second-order valence-corrected chi connectivity index (χ2v) is 14.9. The van der Waals surface area contributed by atoms with Crippen LogP contribution in [-0.2, 0) is 14.3 Å². The fourth-order valence-corrected chi connectivity index (χ4v) is 7.34. The van der Waals surface area contributed by atoms with E-state index in [4.69, 9.17) is 4.74 Å². The Morgan fingerprint density at radius 1 is 0.638 bits per heavy atom. The van der Waals surface area contributed by atoms with Crippen molar-refractivity contribution >= 4 is 11.8 Å². The van der Waals surface area contributed by atoms with E-state index in [-0.39, 0.29) is 12.6 Å². The van der Waals surface area contributed by atoms with Gasteiger partial charge in [-0.2, -0.15) is 0 Å². The van der Waals surface area contributed by atoms with Crippen LogP contribution in [0.4, 0.5) is 0 Å². The molecule has 0 bridgehead atoms. The van der Waals surface area contributed by atoms with Crippen molar-refractivity contribution in [3.05, 3.63) is 0 Å². The summed E-state index contributed by atoms with van der Waals surface area (Å²) in [5.41, 5.74) is 0. The SMILES string of the molecule is CCCCCCCCC(CCCCCCCC)COC(=O)CCCCCN(CCO)CCN(CCCCCC(C)=O)C1CCCCC1. The summed E-state index contributed by atoms with van der Waals surface area (Å²) >= 11 is 0. The number of aliphatic hydroxyl groups excluding tert-OH is 1. The molecule has 1 saturated carbocycles. The van der Waals surface area contributed by atoms with Crippen LogP contribution in [0.15, 0.2) is 0 Å². The second kappa shape index (κ2) is 32.2. The average Bonchev–Trinajstić information content (AvgIpc) is 3.07.